The average Bonchev–Trinajstić information content (AvgIpc) is 3.79. The van der Waals surface area contributed by atoms with Gasteiger partial charge < -0.3 is 19.9 Å². The van der Waals surface area contributed by atoms with Crippen molar-refractivity contribution in [2.45, 2.75) is 50.8 Å². The molecule has 4 rings (SSSR count). The van der Waals surface area contributed by atoms with Crippen molar-refractivity contribution in [1.29, 1.82) is 0 Å². The van der Waals surface area contributed by atoms with E-state index in [1.165, 1.54) is 6.92 Å². The molecule has 2 aliphatic rings. The van der Waals surface area contributed by atoms with Crippen LogP contribution in [0.25, 0.3) is 5.76 Å². The highest BCUT2D eigenvalue weighted by molar-refractivity contribution is 6.15. The van der Waals surface area contributed by atoms with Crippen LogP contribution in [-0.2, 0) is 26.4 Å². The lowest BCUT2D eigenvalue weighted by molar-refractivity contribution is -0.137. The minimum Gasteiger partial charge on any atom is -0.506 e. The van der Waals surface area contributed by atoms with Gasteiger partial charge in [0.2, 0.25) is 0 Å². The van der Waals surface area contributed by atoms with Gasteiger partial charge in [0, 0.05) is 6.21 Å². The third-order valence-corrected chi connectivity index (χ3v) is 5.91. The van der Waals surface area contributed by atoms with Gasteiger partial charge >= 0.3 is 12.1 Å². The first kappa shape index (κ1) is 25.3. The SMILES string of the molecule is CCOC(=O)/C(C=NC1CC1)=C(\O)c1cc(F)c(C2(NC(=O)OCc3ccccc3)CC2)c(F)c1F. The van der Waals surface area contributed by atoms with Crippen molar-refractivity contribution < 1.29 is 37.3 Å². The largest absolute Gasteiger partial charge is 0.506 e. The number of benzene rings is 2. The first-order valence-electron chi connectivity index (χ1n) is 11.6. The molecule has 0 aliphatic heterocycles. The van der Waals surface area contributed by atoms with E-state index in [1.807, 2.05) is 0 Å². The number of hydrogen-bond acceptors (Lipinski definition) is 6. The summed E-state index contributed by atoms with van der Waals surface area (Å²) >= 11 is 0. The lowest BCUT2D eigenvalue weighted by Gasteiger charge is -2.20. The predicted octanol–water partition coefficient (Wildman–Crippen LogP) is 5.08. The van der Waals surface area contributed by atoms with E-state index < -0.39 is 57.5 Å². The molecule has 0 saturated heterocycles. The van der Waals surface area contributed by atoms with Crippen LogP contribution in [0, 0.1) is 17.5 Å². The van der Waals surface area contributed by atoms with E-state index >= 15 is 13.2 Å². The summed E-state index contributed by atoms with van der Waals surface area (Å²) < 4.78 is 55.4. The molecule has 2 fully saturated rings. The van der Waals surface area contributed by atoms with Gasteiger partial charge in [0.25, 0.3) is 0 Å². The molecule has 36 heavy (non-hydrogen) atoms. The predicted molar refractivity (Wildman–Crippen MR) is 125 cm³/mol. The lowest BCUT2D eigenvalue weighted by Crippen LogP contribution is -2.37. The summed E-state index contributed by atoms with van der Waals surface area (Å²) in [7, 11) is 0. The molecular weight excluding hydrogens is 477 g/mol. The maximum absolute atomic E-state index is 15.2. The van der Waals surface area contributed by atoms with Gasteiger partial charge in [-0.3, -0.25) is 4.99 Å². The van der Waals surface area contributed by atoms with Crippen molar-refractivity contribution in [3.05, 3.63) is 76.1 Å². The van der Waals surface area contributed by atoms with Crippen LogP contribution in [0.3, 0.4) is 0 Å². The Morgan fingerprint density at radius 3 is 2.44 bits per heavy atom. The standard InChI is InChI=1S/C26H25F3N2O5/c1-2-35-24(33)18(13-30-16-8-9-16)23(32)17-12-19(27)20(22(29)21(17)28)26(10-11-26)31-25(34)36-14-15-6-4-3-5-7-15/h3-7,12-13,16,32H,2,8-11,14H2,1H3,(H,31,34)/b23-18-,30-13?. The third kappa shape index (κ3) is 5.53. The van der Waals surface area contributed by atoms with Gasteiger partial charge in [-0.15, -0.1) is 0 Å². The Bertz CT molecular complexity index is 1220. The Kier molecular flexibility index (Phi) is 7.32. The molecule has 2 aromatic rings. The van der Waals surface area contributed by atoms with Gasteiger partial charge in [-0.2, -0.15) is 0 Å². The number of rotatable bonds is 9. The van der Waals surface area contributed by atoms with Crippen LogP contribution in [0.5, 0.6) is 0 Å². The summed E-state index contributed by atoms with van der Waals surface area (Å²) in [5, 5.41) is 13.0. The number of esters is 1. The number of aliphatic hydroxyl groups excluding tert-OH is 1. The Balaban J connectivity index is 1.60. The van der Waals surface area contributed by atoms with E-state index in [4.69, 9.17) is 9.47 Å². The molecule has 0 heterocycles. The van der Waals surface area contributed by atoms with Crippen molar-refractivity contribution in [3.63, 3.8) is 0 Å². The summed E-state index contributed by atoms with van der Waals surface area (Å²) in [4.78, 5) is 28.7. The van der Waals surface area contributed by atoms with E-state index in [0.29, 0.717) is 6.07 Å². The van der Waals surface area contributed by atoms with Crippen LogP contribution in [0.2, 0.25) is 0 Å². The number of carbonyl (C=O) groups is 2. The first-order chi connectivity index (χ1) is 17.3. The topological polar surface area (TPSA) is 97.2 Å². The average molecular weight is 502 g/mol. The van der Waals surface area contributed by atoms with Crippen LogP contribution in [0.1, 0.15) is 49.3 Å². The number of halogens is 3. The number of ether oxygens (including phenoxy) is 2. The zero-order chi connectivity index (χ0) is 25.9. The second kappa shape index (κ2) is 10.4. The molecule has 0 radical (unpaired) electrons. The molecule has 0 atom stereocenters. The number of alkyl carbamates (subject to hydrolysis) is 1. The number of nitrogens with zero attached hydrogens (tertiary/aromatic N) is 1. The Labute approximate surface area is 205 Å². The van der Waals surface area contributed by atoms with Gasteiger partial charge in [-0.25, -0.2) is 22.8 Å². The van der Waals surface area contributed by atoms with Crippen molar-refractivity contribution >= 4 is 24.0 Å². The maximum Gasteiger partial charge on any atom is 0.408 e. The molecule has 0 aromatic heterocycles. The van der Waals surface area contributed by atoms with Crippen LogP contribution in [0.4, 0.5) is 18.0 Å². The summed E-state index contributed by atoms with van der Waals surface area (Å²) in [6, 6.07) is 9.37. The van der Waals surface area contributed by atoms with E-state index in [-0.39, 0.29) is 32.1 Å². The first-order valence-corrected chi connectivity index (χ1v) is 11.6. The van der Waals surface area contributed by atoms with Crippen LogP contribution >= 0.6 is 0 Å². The molecule has 7 nitrogen and oxygen atoms in total. The number of aliphatic imine (C=N–C) groups is 1. The molecule has 0 spiro atoms. The van der Waals surface area contributed by atoms with E-state index in [2.05, 4.69) is 10.3 Å². The number of amides is 1. The van der Waals surface area contributed by atoms with Crippen molar-refractivity contribution in [2.75, 3.05) is 6.61 Å². The normalized spacial score (nSPS) is 16.9. The van der Waals surface area contributed by atoms with E-state index in [1.54, 1.807) is 30.3 Å². The molecule has 190 valence electrons. The fraction of sp³-hybridized carbons (Fsp3) is 0.346. The molecule has 0 unspecified atom stereocenters. The van der Waals surface area contributed by atoms with Crippen LogP contribution in [-0.4, -0.2) is 36.0 Å². The Morgan fingerprint density at radius 2 is 1.83 bits per heavy atom. The van der Waals surface area contributed by atoms with E-state index in [0.717, 1.165) is 24.6 Å². The highest BCUT2D eigenvalue weighted by Gasteiger charge is 2.51. The monoisotopic (exact) mass is 502 g/mol. The van der Waals surface area contributed by atoms with Crippen molar-refractivity contribution in [3.8, 4) is 0 Å². The van der Waals surface area contributed by atoms with Crippen molar-refractivity contribution in [1.82, 2.24) is 5.32 Å². The molecule has 1 amide bonds. The van der Waals surface area contributed by atoms with Crippen molar-refractivity contribution in [2.24, 2.45) is 4.99 Å². The fourth-order valence-corrected chi connectivity index (χ4v) is 3.69. The third-order valence-electron chi connectivity index (χ3n) is 5.91. The zero-order valence-corrected chi connectivity index (χ0v) is 19.5. The van der Waals surface area contributed by atoms with E-state index in [9.17, 15) is 14.7 Å². The second-order valence-corrected chi connectivity index (χ2v) is 8.67. The van der Waals surface area contributed by atoms with Gasteiger partial charge in [0.1, 0.15) is 23.8 Å². The van der Waals surface area contributed by atoms with Gasteiger partial charge in [0.15, 0.2) is 11.6 Å². The smallest absolute Gasteiger partial charge is 0.408 e. The minimum atomic E-state index is -1.58. The number of hydrogen-bond donors (Lipinski definition) is 2. The molecule has 2 aliphatic carbocycles. The summed E-state index contributed by atoms with van der Waals surface area (Å²) in [6.07, 6.45) is 2.02. The van der Waals surface area contributed by atoms with Gasteiger partial charge in [-0.1, -0.05) is 30.3 Å². The zero-order valence-electron chi connectivity index (χ0n) is 19.5. The molecule has 2 aromatic carbocycles. The summed E-state index contributed by atoms with van der Waals surface area (Å²) in [5.41, 5.74) is -2.83. The van der Waals surface area contributed by atoms with Gasteiger partial charge in [0.05, 0.1) is 29.3 Å². The number of aliphatic hydroxyl groups is 1. The summed E-state index contributed by atoms with van der Waals surface area (Å²) in [5.74, 6) is -6.36. The van der Waals surface area contributed by atoms with Crippen LogP contribution in [0.15, 0.2) is 47.0 Å². The Hall–Kier alpha value is -3.82. The molecule has 2 N–H and O–H groups in total. The summed E-state index contributed by atoms with van der Waals surface area (Å²) in [6.45, 7) is 1.44. The molecular formula is C26H25F3N2O5. The quantitative estimate of drug-likeness (QED) is 0.164. The molecule has 0 bridgehead atoms. The minimum absolute atomic E-state index is 0.0361. The molecule has 2 saturated carbocycles. The number of carbonyl (C=O) groups excluding carboxylic acids is 2. The fourth-order valence-electron chi connectivity index (χ4n) is 3.69. The Morgan fingerprint density at radius 1 is 1.14 bits per heavy atom. The highest BCUT2D eigenvalue weighted by atomic mass is 19.2. The van der Waals surface area contributed by atoms with Gasteiger partial charge in [-0.05, 0) is 44.2 Å². The maximum atomic E-state index is 15.2. The van der Waals surface area contributed by atoms with Crippen LogP contribution < -0.4 is 5.32 Å². The lowest BCUT2D eigenvalue weighted by atomic mass is 9.98. The molecule has 10 heteroatoms. The highest BCUT2D eigenvalue weighted by Crippen LogP contribution is 2.48. The second-order valence-electron chi connectivity index (χ2n) is 8.67. The number of nitrogens with one attached hydrogen (secondary N) is 1.